The van der Waals surface area contributed by atoms with Crippen LogP contribution in [0.2, 0.25) is 0 Å². The van der Waals surface area contributed by atoms with E-state index in [1.54, 1.807) is 6.92 Å². The topological polar surface area (TPSA) is 102 Å². The minimum absolute atomic E-state index is 0.113. The van der Waals surface area contributed by atoms with Gasteiger partial charge >= 0.3 is 0 Å². The molecule has 0 spiro atoms. The number of hydrogen-bond acceptors (Lipinski definition) is 5. The fourth-order valence-electron chi connectivity index (χ4n) is 1.13. The van der Waals surface area contributed by atoms with Gasteiger partial charge in [0.15, 0.2) is 5.82 Å². The molecule has 0 bridgehead atoms. The van der Waals surface area contributed by atoms with E-state index in [0.29, 0.717) is 16.4 Å². The van der Waals surface area contributed by atoms with Crippen molar-refractivity contribution >= 4 is 21.9 Å². The summed E-state index contributed by atoms with van der Waals surface area (Å²) in [6.45, 7) is 1.68. The molecule has 0 saturated carbocycles. The zero-order valence-electron chi connectivity index (χ0n) is 7.73. The highest BCUT2D eigenvalue weighted by molar-refractivity contribution is 9.10. The Morgan fingerprint density at radius 1 is 1.53 bits per heavy atom. The molecule has 0 saturated heterocycles. The molecule has 78 valence electrons. The van der Waals surface area contributed by atoms with Gasteiger partial charge in [-0.05, 0) is 22.9 Å². The van der Waals surface area contributed by atoms with Crippen LogP contribution in [0.15, 0.2) is 15.6 Å². The van der Waals surface area contributed by atoms with Crippen molar-refractivity contribution in [3.8, 4) is 5.82 Å². The molecule has 2 aromatic heterocycles. The molecule has 0 radical (unpaired) electrons. The van der Waals surface area contributed by atoms with Crippen molar-refractivity contribution in [2.75, 3.05) is 5.73 Å². The Labute approximate surface area is 92.5 Å². The molecular weight excluding hydrogens is 264 g/mol. The van der Waals surface area contributed by atoms with E-state index in [4.69, 9.17) is 5.73 Å². The van der Waals surface area contributed by atoms with E-state index in [1.165, 1.54) is 10.7 Å². The predicted molar refractivity (Wildman–Crippen MR) is 56.6 cm³/mol. The Balaban J connectivity index is 2.63. The Bertz CT molecular complexity index is 559. The van der Waals surface area contributed by atoms with Gasteiger partial charge in [-0.3, -0.25) is 4.79 Å². The highest BCUT2D eigenvalue weighted by atomic mass is 79.9. The van der Waals surface area contributed by atoms with E-state index in [0.717, 1.165) is 0 Å². The molecule has 2 heterocycles. The third-order valence-electron chi connectivity index (χ3n) is 1.65. The number of rotatable bonds is 1. The summed E-state index contributed by atoms with van der Waals surface area (Å²) in [4.78, 5) is 21.7. The minimum atomic E-state index is -0.251. The first-order chi connectivity index (χ1) is 7.06. The van der Waals surface area contributed by atoms with Crippen molar-refractivity contribution < 1.29 is 0 Å². The Morgan fingerprint density at radius 2 is 2.27 bits per heavy atom. The molecule has 2 aromatic rings. The first kappa shape index (κ1) is 9.84. The van der Waals surface area contributed by atoms with Crippen molar-refractivity contribution in [1.82, 2.24) is 24.7 Å². The fraction of sp³-hybridized carbons (Fsp3) is 0.143. The summed E-state index contributed by atoms with van der Waals surface area (Å²) in [5.74, 6) is 0.979. The second-order valence-corrected chi connectivity index (χ2v) is 3.55. The maximum absolute atomic E-state index is 11.2. The van der Waals surface area contributed by atoms with E-state index >= 15 is 0 Å². The van der Waals surface area contributed by atoms with Crippen molar-refractivity contribution in [3.63, 3.8) is 0 Å². The SMILES string of the molecule is Cc1nc(-n2nc(N)nc2Br)cc(=O)[nH]1. The average molecular weight is 271 g/mol. The van der Waals surface area contributed by atoms with E-state index < -0.39 is 0 Å². The first-order valence-corrected chi connectivity index (χ1v) is 4.82. The fourth-order valence-corrected chi connectivity index (χ4v) is 1.57. The van der Waals surface area contributed by atoms with Gasteiger partial charge in [-0.2, -0.15) is 9.67 Å². The number of anilines is 1. The third-order valence-corrected chi connectivity index (χ3v) is 2.16. The van der Waals surface area contributed by atoms with E-state index in [-0.39, 0.29) is 11.5 Å². The molecule has 0 aliphatic carbocycles. The van der Waals surface area contributed by atoms with Gasteiger partial charge in [0.1, 0.15) is 5.82 Å². The van der Waals surface area contributed by atoms with Crippen LogP contribution < -0.4 is 11.3 Å². The number of nitrogens with two attached hydrogens (primary N) is 1. The molecule has 0 aliphatic heterocycles. The highest BCUT2D eigenvalue weighted by Gasteiger charge is 2.09. The van der Waals surface area contributed by atoms with Crippen LogP contribution >= 0.6 is 15.9 Å². The maximum Gasteiger partial charge on any atom is 0.253 e. The number of halogens is 1. The molecule has 0 fully saturated rings. The molecule has 3 N–H and O–H groups in total. The smallest absolute Gasteiger partial charge is 0.253 e. The standard InChI is InChI=1S/C7H7BrN6O/c1-3-10-4(2-5(15)11-3)14-6(8)12-7(9)13-14/h2H,1H3,(H2,9,13)(H,10,11,15). The monoisotopic (exact) mass is 270 g/mol. The molecule has 0 amide bonds. The quantitative estimate of drug-likeness (QED) is 0.760. The molecule has 0 aromatic carbocycles. The summed E-state index contributed by atoms with van der Waals surface area (Å²) in [6.07, 6.45) is 0. The molecule has 2 rings (SSSR count). The molecule has 0 atom stereocenters. The van der Waals surface area contributed by atoms with Gasteiger partial charge in [-0.25, -0.2) is 4.98 Å². The van der Waals surface area contributed by atoms with Crippen LogP contribution in [-0.2, 0) is 0 Å². The average Bonchev–Trinajstić information content (AvgIpc) is 2.43. The number of nitrogens with one attached hydrogen (secondary N) is 1. The number of hydrogen-bond donors (Lipinski definition) is 2. The van der Waals surface area contributed by atoms with Gasteiger partial charge in [0.25, 0.3) is 5.56 Å². The normalized spacial score (nSPS) is 10.5. The van der Waals surface area contributed by atoms with Crippen LogP contribution in [0.1, 0.15) is 5.82 Å². The van der Waals surface area contributed by atoms with Crippen molar-refractivity contribution in [2.45, 2.75) is 6.92 Å². The summed E-state index contributed by atoms with van der Waals surface area (Å²) >= 11 is 3.16. The number of nitrogen functional groups attached to an aromatic ring is 1. The zero-order chi connectivity index (χ0) is 11.0. The Kier molecular flexibility index (Phi) is 2.27. The second-order valence-electron chi connectivity index (χ2n) is 2.84. The summed E-state index contributed by atoms with van der Waals surface area (Å²) in [6, 6.07) is 1.31. The maximum atomic E-state index is 11.2. The number of aromatic amines is 1. The Hall–Kier alpha value is -1.70. The molecule has 8 heteroatoms. The van der Waals surface area contributed by atoms with E-state index in [2.05, 4.69) is 36.0 Å². The zero-order valence-corrected chi connectivity index (χ0v) is 9.32. The number of nitrogens with zero attached hydrogens (tertiary/aromatic N) is 4. The molecule has 15 heavy (non-hydrogen) atoms. The molecule has 0 aliphatic rings. The first-order valence-electron chi connectivity index (χ1n) is 4.02. The van der Waals surface area contributed by atoms with Crippen LogP contribution in [0.25, 0.3) is 5.82 Å². The van der Waals surface area contributed by atoms with Gasteiger partial charge in [0, 0.05) is 6.07 Å². The van der Waals surface area contributed by atoms with E-state index in [1.807, 2.05) is 0 Å². The Morgan fingerprint density at radius 3 is 2.80 bits per heavy atom. The second kappa shape index (κ2) is 3.46. The van der Waals surface area contributed by atoms with Crippen molar-refractivity contribution in [3.05, 3.63) is 27.0 Å². The summed E-state index contributed by atoms with van der Waals surface area (Å²) in [5, 5.41) is 3.88. The lowest BCUT2D eigenvalue weighted by Crippen LogP contribution is -2.12. The number of H-pyrrole nitrogens is 1. The lowest BCUT2D eigenvalue weighted by Gasteiger charge is -2.00. The minimum Gasteiger partial charge on any atom is -0.366 e. The predicted octanol–water partition coefficient (Wildman–Crippen LogP) is 0.00372. The van der Waals surface area contributed by atoms with Gasteiger partial charge in [0.2, 0.25) is 10.7 Å². The number of aromatic nitrogens is 5. The van der Waals surface area contributed by atoms with Crippen LogP contribution in [0.4, 0.5) is 5.95 Å². The molecular formula is C7H7BrN6O. The molecule has 7 nitrogen and oxygen atoms in total. The summed E-state index contributed by atoms with van der Waals surface area (Å²) < 4.78 is 1.75. The van der Waals surface area contributed by atoms with Crippen molar-refractivity contribution in [1.29, 1.82) is 0 Å². The van der Waals surface area contributed by atoms with Crippen LogP contribution in [-0.4, -0.2) is 24.7 Å². The van der Waals surface area contributed by atoms with E-state index in [9.17, 15) is 4.79 Å². The van der Waals surface area contributed by atoms with Gasteiger partial charge in [0.05, 0.1) is 0 Å². The van der Waals surface area contributed by atoms with Crippen molar-refractivity contribution in [2.24, 2.45) is 0 Å². The summed E-state index contributed by atoms with van der Waals surface area (Å²) in [5.41, 5.74) is 5.15. The molecule has 0 unspecified atom stereocenters. The van der Waals surface area contributed by atoms with Crippen LogP contribution in [0, 0.1) is 6.92 Å². The number of aryl methyl sites for hydroxylation is 1. The van der Waals surface area contributed by atoms with Crippen LogP contribution in [0.5, 0.6) is 0 Å². The largest absolute Gasteiger partial charge is 0.366 e. The van der Waals surface area contributed by atoms with Gasteiger partial charge < -0.3 is 10.7 Å². The van der Waals surface area contributed by atoms with Gasteiger partial charge in [-0.1, -0.05) is 0 Å². The summed E-state index contributed by atoms with van der Waals surface area (Å²) in [7, 11) is 0. The highest BCUT2D eigenvalue weighted by Crippen LogP contribution is 2.12. The van der Waals surface area contributed by atoms with Gasteiger partial charge in [-0.15, -0.1) is 5.10 Å². The van der Waals surface area contributed by atoms with Crippen LogP contribution in [0.3, 0.4) is 0 Å². The lowest BCUT2D eigenvalue weighted by atomic mass is 10.5. The third kappa shape index (κ3) is 1.89. The lowest BCUT2D eigenvalue weighted by molar-refractivity contribution is 0.806.